The molecule has 0 spiro atoms. The van der Waals surface area contributed by atoms with E-state index in [4.69, 9.17) is 4.74 Å². The summed E-state index contributed by atoms with van der Waals surface area (Å²) in [6.07, 6.45) is 3.60. The number of rotatable bonds is 3. The fraction of sp³-hybridized carbons (Fsp3) is 0.150. The monoisotopic (exact) mass is 334 g/mol. The van der Waals surface area contributed by atoms with Crippen molar-refractivity contribution in [3.05, 3.63) is 65.0 Å². The van der Waals surface area contributed by atoms with Crippen molar-refractivity contribution in [2.24, 2.45) is 0 Å². The molecule has 3 aromatic rings. The number of hydrogen-bond donors (Lipinski definition) is 2. The van der Waals surface area contributed by atoms with Crippen LogP contribution in [-0.4, -0.2) is 34.9 Å². The predicted octanol–water partition coefficient (Wildman–Crippen LogP) is 3.55. The minimum absolute atomic E-state index is 0.133. The number of carbonyl (C=O) groups is 1. The molecule has 4 rings (SSSR count). The smallest absolute Gasteiger partial charge is 0.231 e. The van der Waals surface area contributed by atoms with E-state index in [1.807, 2.05) is 49.5 Å². The molecule has 0 fully saturated rings. The first-order valence-electron chi connectivity index (χ1n) is 8.04. The maximum Gasteiger partial charge on any atom is 0.231 e. The van der Waals surface area contributed by atoms with Crippen LogP contribution < -0.4 is 4.74 Å². The molecule has 5 nitrogen and oxygen atoms in total. The lowest BCUT2D eigenvalue weighted by Gasteiger charge is -2.13. The highest BCUT2D eigenvalue weighted by molar-refractivity contribution is 6.15. The Morgan fingerprint density at radius 3 is 2.80 bits per heavy atom. The molecule has 0 saturated heterocycles. The van der Waals surface area contributed by atoms with Crippen LogP contribution in [-0.2, 0) is 6.54 Å². The predicted molar refractivity (Wildman–Crippen MR) is 96.7 cm³/mol. The van der Waals surface area contributed by atoms with Gasteiger partial charge in [-0.05, 0) is 38.4 Å². The zero-order chi connectivity index (χ0) is 17.6. The maximum atomic E-state index is 12.7. The van der Waals surface area contributed by atoms with Gasteiger partial charge in [0.1, 0.15) is 11.5 Å². The second-order valence-corrected chi connectivity index (χ2v) is 6.41. The number of ether oxygens (including phenoxy) is 1. The molecule has 1 aliphatic heterocycles. The molecule has 5 heteroatoms. The van der Waals surface area contributed by atoms with E-state index in [2.05, 4.69) is 4.98 Å². The Labute approximate surface area is 145 Å². The fourth-order valence-electron chi connectivity index (χ4n) is 3.12. The van der Waals surface area contributed by atoms with Gasteiger partial charge in [0.2, 0.25) is 5.78 Å². The topological polar surface area (TPSA) is 65.6 Å². The van der Waals surface area contributed by atoms with E-state index in [0.717, 1.165) is 16.5 Å². The van der Waals surface area contributed by atoms with Crippen molar-refractivity contribution in [1.29, 1.82) is 0 Å². The number of nitrogens with zero attached hydrogens (tertiary/aromatic N) is 1. The Hall–Kier alpha value is -3.05. The van der Waals surface area contributed by atoms with Crippen LogP contribution in [0.15, 0.2) is 48.4 Å². The van der Waals surface area contributed by atoms with Gasteiger partial charge in [-0.1, -0.05) is 18.2 Å². The van der Waals surface area contributed by atoms with E-state index in [1.54, 1.807) is 18.2 Å². The second-order valence-electron chi connectivity index (χ2n) is 6.41. The number of aromatic nitrogens is 1. The molecule has 126 valence electrons. The van der Waals surface area contributed by atoms with Crippen LogP contribution in [0.3, 0.4) is 0 Å². The van der Waals surface area contributed by atoms with Crippen molar-refractivity contribution in [3.63, 3.8) is 0 Å². The van der Waals surface area contributed by atoms with Gasteiger partial charge in [0.15, 0.2) is 5.76 Å². The molecule has 2 aromatic carbocycles. The summed E-state index contributed by atoms with van der Waals surface area (Å²) in [5.41, 5.74) is 3.01. The first-order chi connectivity index (χ1) is 12.0. The number of para-hydroxylation sites is 1. The molecule has 2 heterocycles. The van der Waals surface area contributed by atoms with Crippen LogP contribution in [0.1, 0.15) is 21.5 Å². The summed E-state index contributed by atoms with van der Waals surface area (Å²) >= 11 is 0. The number of aromatic hydroxyl groups is 1. The van der Waals surface area contributed by atoms with Crippen LogP contribution in [0.4, 0.5) is 0 Å². The molecule has 0 aliphatic carbocycles. The lowest BCUT2D eigenvalue weighted by Crippen LogP contribution is -2.11. The number of nitrogens with one attached hydrogen (secondary N) is 1. The molecule has 25 heavy (non-hydrogen) atoms. The summed E-state index contributed by atoms with van der Waals surface area (Å²) in [5.74, 6) is 0.684. The molecular formula is C20H18N2O3. The van der Waals surface area contributed by atoms with Crippen molar-refractivity contribution in [1.82, 2.24) is 9.88 Å². The quantitative estimate of drug-likeness (QED) is 0.719. The first kappa shape index (κ1) is 15.5. The number of phenols is 1. The number of Topliss-reactive ketones (excluding diaryl/α,β-unsaturated/α-hetero) is 1. The van der Waals surface area contributed by atoms with Gasteiger partial charge >= 0.3 is 0 Å². The summed E-state index contributed by atoms with van der Waals surface area (Å²) < 4.78 is 5.87. The average Bonchev–Trinajstić information content (AvgIpc) is 3.13. The van der Waals surface area contributed by atoms with E-state index in [9.17, 15) is 9.90 Å². The SMILES string of the molecule is CN(C)Cc1c(O)ccc2c1O/C(=C/c1c[nH]c3ccccc13)C2=O. The summed E-state index contributed by atoms with van der Waals surface area (Å²) in [6.45, 7) is 0.489. The third-order valence-corrected chi connectivity index (χ3v) is 4.30. The van der Waals surface area contributed by atoms with Crippen molar-refractivity contribution >= 4 is 22.8 Å². The maximum absolute atomic E-state index is 12.7. The van der Waals surface area contributed by atoms with E-state index < -0.39 is 0 Å². The number of fused-ring (bicyclic) bond motifs is 2. The minimum Gasteiger partial charge on any atom is -0.507 e. The Morgan fingerprint density at radius 1 is 1.20 bits per heavy atom. The number of H-pyrrole nitrogens is 1. The van der Waals surface area contributed by atoms with E-state index in [-0.39, 0.29) is 17.3 Å². The van der Waals surface area contributed by atoms with E-state index >= 15 is 0 Å². The van der Waals surface area contributed by atoms with Gasteiger partial charge in [-0.2, -0.15) is 0 Å². The number of ketones is 1. The minimum atomic E-state index is -0.166. The van der Waals surface area contributed by atoms with E-state index in [1.165, 1.54) is 0 Å². The summed E-state index contributed by atoms with van der Waals surface area (Å²) in [4.78, 5) is 17.8. The van der Waals surface area contributed by atoms with Gasteiger partial charge in [-0.15, -0.1) is 0 Å². The number of allylic oxidation sites excluding steroid dienone is 1. The van der Waals surface area contributed by atoms with Gasteiger partial charge < -0.3 is 19.7 Å². The van der Waals surface area contributed by atoms with Crippen molar-refractivity contribution in [2.45, 2.75) is 6.54 Å². The molecule has 0 atom stereocenters. The molecule has 1 aromatic heterocycles. The Kier molecular flexibility index (Phi) is 3.58. The molecule has 0 radical (unpaired) electrons. The summed E-state index contributed by atoms with van der Waals surface area (Å²) in [6, 6.07) is 11.1. The van der Waals surface area contributed by atoms with Gasteiger partial charge in [-0.3, -0.25) is 4.79 Å². The summed E-state index contributed by atoms with van der Waals surface area (Å²) in [5, 5.41) is 11.2. The molecule has 0 amide bonds. The Bertz CT molecular complexity index is 1010. The third kappa shape index (κ3) is 2.58. The zero-order valence-electron chi connectivity index (χ0n) is 14.0. The molecule has 0 unspecified atom stereocenters. The molecule has 2 N–H and O–H groups in total. The van der Waals surface area contributed by atoms with Gasteiger partial charge in [0.05, 0.1) is 11.1 Å². The summed E-state index contributed by atoms with van der Waals surface area (Å²) in [7, 11) is 3.80. The number of aromatic amines is 1. The second kappa shape index (κ2) is 5.79. The number of benzene rings is 2. The van der Waals surface area contributed by atoms with Crippen LogP contribution in [0.2, 0.25) is 0 Å². The average molecular weight is 334 g/mol. The lowest BCUT2D eigenvalue weighted by atomic mass is 10.0. The largest absolute Gasteiger partial charge is 0.507 e. The Balaban J connectivity index is 1.78. The Morgan fingerprint density at radius 2 is 2.00 bits per heavy atom. The van der Waals surface area contributed by atoms with Crippen LogP contribution in [0.25, 0.3) is 17.0 Å². The van der Waals surface area contributed by atoms with Gasteiger partial charge in [0, 0.05) is 29.2 Å². The highest BCUT2D eigenvalue weighted by Crippen LogP contribution is 2.40. The number of hydrogen-bond acceptors (Lipinski definition) is 4. The van der Waals surface area contributed by atoms with E-state index in [0.29, 0.717) is 23.4 Å². The van der Waals surface area contributed by atoms with Gasteiger partial charge in [-0.25, -0.2) is 0 Å². The molecular weight excluding hydrogens is 316 g/mol. The highest BCUT2D eigenvalue weighted by Gasteiger charge is 2.31. The number of phenolic OH excluding ortho intramolecular Hbond substituents is 1. The third-order valence-electron chi connectivity index (χ3n) is 4.30. The van der Waals surface area contributed by atoms with Crippen molar-refractivity contribution in [3.8, 4) is 11.5 Å². The van der Waals surface area contributed by atoms with Gasteiger partial charge in [0.25, 0.3) is 0 Å². The van der Waals surface area contributed by atoms with Crippen LogP contribution in [0.5, 0.6) is 11.5 Å². The molecule has 0 bridgehead atoms. The highest BCUT2D eigenvalue weighted by atomic mass is 16.5. The zero-order valence-corrected chi connectivity index (χ0v) is 14.0. The molecule has 0 saturated carbocycles. The van der Waals surface area contributed by atoms with Crippen LogP contribution in [0, 0.1) is 0 Å². The molecule has 1 aliphatic rings. The first-order valence-corrected chi connectivity index (χ1v) is 8.04. The standard InChI is InChI=1S/C20H18N2O3/c1-22(2)11-15-17(23)8-7-14-19(24)18(25-20(14)15)9-12-10-21-16-6-4-3-5-13(12)16/h3-10,21,23H,11H2,1-2H3/b18-9+. The van der Waals surface area contributed by atoms with Crippen molar-refractivity contribution < 1.29 is 14.6 Å². The van der Waals surface area contributed by atoms with Crippen molar-refractivity contribution in [2.75, 3.05) is 14.1 Å². The number of carbonyl (C=O) groups excluding carboxylic acids is 1. The lowest BCUT2D eigenvalue weighted by molar-refractivity contribution is 0.101. The fourth-order valence-corrected chi connectivity index (χ4v) is 3.12. The van der Waals surface area contributed by atoms with Crippen LogP contribution >= 0.6 is 0 Å². The normalized spacial score (nSPS) is 15.2.